The number of carbonyl (C=O) groups is 2. The molecule has 4 aromatic rings. The summed E-state index contributed by atoms with van der Waals surface area (Å²) in [6, 6.07) is 9.30. The Hall–Kier alpha value is -3.60. The normalized spacial score (nSPS) is 19.0. The number of piperidine rings is 1. The summed E-state index contributed by atoms with van der Waals surface area (Å²) in [4.78, 5) is 38.0. The minimum atomic E-state index is -1.07. The summed E-state index contributed by atoms with van der Waals surface area (Å²) in [5, 5.41) is 8.92. The molecule has 2 amide bonds. The number of hydrogen-bond acceptors (Lipinski definition) is 6. The van der Waals surface area contributed by atoms with E-state index in [4.69, 9.17) is 11.6 Å². The van der Waals surface area contributed by atoms with Gasteiger partial charge in [-0.3, -0.25) is 14.9 Å². The van der Waals surface area contributed by atoms with Crippen molar-refractivity contribution in [2.75, 3.05) is 18.4 Å². The van der Waals surface area contributed by atoms with E-state index in [1.807, 2.05) is 12.1 Å². The number of alkyl halides is 1. The molecule has 43 heavy (non-hydrogen) atoms. The molecule has 1 unspecified atom stereocenters. The minimum Gasteiger partial charge on any atom is -0.331 e. The van der Waals surface area contributed by atoms with Crippen molar-refractivity contribution in [2.24, 2.45) is 0 Å². The van der Waals surface area contributed by atoms with E-state index < -0.39 is 18.1 Å². The molecule has 3 aliphatic heterocycles. The summed E-state index contributed by atoms with van der Waals surface area (Å²) >= 11 is 8.14. The first-order valence-corrected chi connectivity index (χ1v) is 16.0. The van der Waals surface area contributed by atoms with Crippen LogP contribution in [0.1, 0.15) is 70.2 Å². The number of benzene rings is 2. The number of carbonyl (C=O) groups excluding carboxylic acids is 2. The van der Waals surface area contributed by atoms with Crippen molar-refractivity contribution < 1.29 is 14.0 Å². The number of imidazole rings is 1. The van der Waals surface area contributed by atoms with E-state index >= 15 is 0 Å². The second-order valence-electron chi connectivity index (χ2n) is 11.5. The second-order valence-corrected chi connectivity index (χ2v) is 12.8. The van der Waals surface area contributed by atoms with Crippen LogP contribution in [0.2, 0.25) is 5.02 Å². The summed E-state index contributed by atoms with van der Waals surface area (Å²) in [6.07, 6.45) is 5.41. The summed E-state index contributed by atoms with van der Waals surface area (Å²) in [7, 11) is 0. The zero-order valence-corrected chi connectivity index (χ0v) is 25.3. The smallest absolute Gasteiger partial charge is 0.255 e. The molecule has 2 atom stereocenters. The van der Waals surface area contributed by atoms with Crippen LogP contribution in [0.4, 0.5) is 9.52 Å². The number of nitrogens with zero attached hydrogens (tertiary/aromatic N) is 4. The van der Waals surface area contributed by atoms with Crippen molar-refractivity contribution in [3.05, 3.63) is 86.9 Å². The van der Waals surface area contributed by atoms with Gasteiger partial charge in [0.1, 0.15) is 6.17 Å². The number of aromatic nitrogens is 3. The minimum absolute atomic E-state index is 0.142. The van der Waals surface area contributed by atoms with Gasteiger partial charge in [0, 0.05) is 46.4 Å². The number of anilines is 1. The highest BCUT2D eigenvalue weighted by Gasteiger charge is 2.42. The second kappa shape index (κ2) is 11.5. The maximum atomic E-state index is 14.4. The first kappa shape index (κ1) is 28.2. The van der Waals surface area contributed by atoms with Crippen molar-refractivity contribution in [1.82, 2.24) is 24.8 Å². The van der Waals surface area contributed by atoms with Crippen LogP contribution in [-0.2, 0) is 30.7 Å². The molecule has 0 saturated carbocycles. The molecule has 3 aliphatic rings. The molecule has 222 valence electrons. The molecule has 7 rings (SSSR count). The fourth-order valence-electron chi connectivity index (χ4n) is 6.77. The van der Waals surface area contributed by atoms with E-state index in [9.17, 15) is 14.0 Å². The van der Waals surface area contributed by atoms with Crippen LogP contribution in [0.3, 0.4) is 0 Å². The van der Waals surface area contributed by atoms with Crippen molar-refractivity contribution in [1.29, 1.82) is 0 Å². The lowest BCUT2D eigenvalue weighted by molar-refractivity contribution is -0.121. The number of aryl methyl sites for hydroxylation is 1. The lowest BCUT2D eigenvalue weighted by Crippen LogP contribution is -2.38. The zero-order chi connectivity index (χ0) is 29.7. The Labute approximate surface area is 258 Å². The zero-order valence-electron chi connectivity index (χ0n) is 23.8. The van der Waals surface area contributed by atoms with Gasteiger partial charge < -0.3 is 14.8 Å². The Morgan fingerprint density at radius 1 is 1.21 bits per heavy atom. The fourth-order valence-corrected chi connectivity index (χ4v) is 7.58. The molecule has 0 bridgehead atoms. The number of nitrogens with one attached hydrogen (secondary N) is 2. The largest absolute Gasteiger partial charge is 0.331 e. The third-order valence-corrected chi connectivity index (χ3v) is 9.95. The topological polar surface area (TPSA) is 92.2 Å². The molecule has 11 heteroatoms. The van der Waals surface area contributed by atoms with Crippen molar-refractivity contribution in [3.63, 3.8) is 0 Å². The predicted octanol–water partition coefficient (Wildman–Crippen LogP) is 5.92. The van der Waals surface area contributed by atoms with Gasteiger partial charge in [-0.15, -0.1) is 11.3 Å². The summed E-state index contributed by atoms with van der Waals surface area (Å²) < 4.78 is 16.1. The highest BCUT2D eigenvalue weighted by molar-refractivity contribution is 7.13. The SMILES string of the molecule is CCc1cc(-c2cc(Cl)c3c(c2)C(=O)N(C(C(=O)Nc2nccs2)c2ncn4c2C[C@@H](F)C4)C3)ccc1C1CCNCC1. The molecular formula is C32H32ClFN6O2S. The van der Waals surface area contributed by atoms with Crippen LogP contribution in [0.25, 0.3) is 11.1 Å². The third-order valence-electron chi connectivity index (χ3n) is 8.92. The van der Waals surface area contributed by atoms with E-state index in [-0.39, 0.29) is 25.4 Å². The number of hydrogen-bond donors (Lipinski definition) is 2. The van der Waals surface area contributed by atoms with Crippen LogP contribution in [-0.4, -0.2) is 50.5 Å². The molecule has 0 spiro atoms. The Morgan fingerprint density at radius 2 is 2.05 bits per heavy atom. The van der Waals surface area contributed by atoms with Crippen molar-refractivity contribution in [2.45, 2.75) is 63.8 Å². The summed E-state index contributed by atoms with van der Waals surface area (Å²) in [6.45, 7) is 4.57. The first-order valence-electron chi connectivity index (χ1n) is 14.8. The average molecular weight is 619 g/mol. The Morgan fingerprint density at radius 3 is 2.81 bits per heavy atom. The van der Waals surface area contributed by atoms with Crippen molar-refractivity contribution >= 4 is 39.9 Å². The maximum absolute atomic E-state index is 14.4. The third kappa shape index (κ3) is 5.15. The van der Waals surface area contributed by atoms with Gasteiger partial charge in [0.2, 0.25) is 0 Å². The Kier molecular flexibility index (Phi) is 7.53. The van der Waals surface area contributed by atoms with E-state index in [1.54, 1.807) is 22.5 Å². The summed E-state index contributed by atoms with van der Waals surface area (Å²) in [5.41, 5.74) is 6.73. The van der Waals surface area contributed by atoms with Gasteiger partial charge in [-0.05, 0) is 72.7 Å². The number of thiazole rings is 1. The van der Waals surface area contributed by atoms with Gasteiger partial charge >= 0.3 is 0 Å². The molecule has 2 aromatic carbocycles. The van der Waals surface area contributed by atoms with Gasteiger partial charge in [0.05, 0.1) is 18.6 Å². The number of amides is 2. The van der Waals surface area contributed by atoms with Crippen LogP contribution in [0.5, 0.6) is 0 Å². The molecule has 1 fully saturated rings. The number of halogens is 2. The Balaban J connectivity index is 1.23. The monoisotopic (exact) mass is 618 g/mol. The molecule has 0 aliphatic carbocycles. The number of rotatable bonds is 7. The van der Waals surface area contributed by atoms with E-state index in [0.29, 0.717) is 38.6 Å². The molecule has 0 radical (unpaired) electrons. The Bertz CT molecular complexity index is 1700. The lowest BCUT2D eigenvalue weighted by atomic mass is 9.85. The van der Waals surface area contributed by atoms with E-state index in [0.717, 1.165) is 43.5 Å². The van der Waals surface area contributed by atoms with Gasteiger partial charge in [0.15, 0.2) is 11.2 Å². The molecule has 2 N–H and O–H groups in total. The van der Waals surface area contributed by atoms with Crippen LogP contribution >= 0.6 is 22.9 Å². The number of fused-ring (bicyclic) bond motifs is 2. The molecule has 2 aromatic heterocycles. The lowest BCUT2D eigenvalue weighted by Gasteiger charge is -2.26. The standard InChI is InChI=1S/C32H32ClFN6O2S/c1-2-18-11-20(3-4-23(18)19-5-7-35-8-6-19)21-12-24-25(26(33)13-21)16-40(31(24)42)29(30(41)38-32-36-9-10-43-32)28-27-14-22(34)15-39(27)17-37-28/h3-4,9-13,17,19,22,29,35H,2,5-8,14-16H2,1H3,(H,36,38,41)/t22-,29?/m1/s1. The van der Waals surface area contributed by atoms with Crippen LogP contribution < -0.4 is 10.6 Å². The highest BCUT2D eigenvalue weighted by atomic mass is 35.5. The first-order chi connectivity index (χ1) is 20.9. The molecule has 8 nitrogen and oxygen atoms in total. The summed E-state index contributed by atoms with van der Waals surface area (Å²) in [5.74, 6) is -0.206. The van der Waals surface area contributed by atoms with Gasteiger partial charge in [-0.1, -0.05) is 36.7 Å². The fraction of sp³-hybridized carbons (Fsp3) is 0.375. The average Bonchev–Trinajstić information content (AvgIpc) is 3.81. The molecule has 5 heterocycles. The maximum Gasteiger partial charge on any atom is 0.255 e. The van der Waals surface area contributed by atoms with Crippen LogP contribution in [0, 0.1) is 0 Å². The highest BCUT2D eigenvalue weighted by Crippen LogP contribution is 2.40. The molecule has 1 saturated heterocycles. The van der Waals surface area contributed by atoms with Crippen LogP contribution in [0.15, 0.2) is 48.2 Å². The van der Waals surface area contributed by atoms with Crippen molar-refractivity contribution in [3.8, 4) is 11.1 Å². The predicted molar refractivity (Wildman–Crippen MR) is 165 cm³/mol. The van der Waals surface area contributed by atoms with Gasteiger partial charge in [0.25, 0.3) is 11.8 Å². The van der Waals surface area contributed by atoms with Gasteiger partial charge in [-0.2, -0.15) is 0 Å². The molecular weight excluding hydrogens is 587 g/mol. The van der Waals surface area contributed by atoms with Gasteiger partial charge in [-0.25, -0.2) is 14.4 Å². The van der Waals surface area contributed by atoms with E-state index in [2.05, 4.69) is 45.7 Å². The van der Waals surface area contributed by atoms with E-state index in [1.165, 1.54) is 27.4 Å². The quantitative estimate of drug-likeness (QED) is 0.268.